The Morgan fingerprint density at radius 2 is 2.20 bits per heavy atom. The molecule has 0 radical (unpaired) electrons. The van der Waals surface area contributed by atoms with E-state index in [1.54, 1.807) is 0 Å². The van der Waals surface area contributed by atoms with Crippen molar-refractivity contribution in [3.05, 3.63) is 0 Å². The summed E-state index contributed by atoms with van der Waals surface area (Å²) in [6, 6.07) is -0.0820. The Morgan fingerprint density at radius 3 is 2.70 bits per heavy atom. The van der Waals surface area contributed by atoms with Crippen LogP contribution < -0.4 is 0 Å². The summed E-state index contributed by atoms with van der Waals surface area (Å²) in [5.41, 5.74) is 0. The van der Waals surface area contributed by atoms with Crippen LogP contribution in [0.4, 0.5) is 0 Å². The highest BCUT2D eigenvalue weighted by Crippen LogP contribution is 2.23. The second kappa shape index (κ2) is 7.42. The molecular weight excluding hydrogens is 174 g/mol. The minimum absolute atomic E-state index is 0.0820. The lowest BCUT2D eigenvalue weighted by Crippen LogP contribution is -1.86. The van der Waals surface area contributed by atoms with Crippen molar-refractivity contribution in [2.24, 2.45) is 0 Å². The molecule has 0 amide bonds. The average Bonchev–Trinajstić information content (AvgIpc) is 1.89. The number of alkyl halides is 1. The third-order valence-corrected chi connectivity index (χ3v) is 1.84. The molecule has 0 aliphatic carbocycles. The van der Waals surface area contributed by atoms with Crippen LogP contribution in [0, 0.1) is 0 Å². The average molecular weight is 186 g/mol. The quantitative estimate of drug-likeness (QED) is 0.363. The number of halogens is 1. The summed E-state index contributed by atoms with van der Waals surface area (Å²) in [6.07, 6.45) is 1.91. The van der Waals surface area contributed by atoms with Crippen LogP contribution in [0.25, 0.3) is 0 Å². The fourth-order valence-electron chi connectivity index (χ4n) is 0.361. The summed E-state index contributed by atoms with van der Waals surface area (Å²) >= 11 is 5.12. The van der Waals surface area contributed by atoms with Gasteiger partial charge in [-0.05, 0) is 6.42 Å². The molecule has 0 spiro atoms. The molecule has 1 atom stereocenters. The molecule has 0 aliphatic rings. The maximum absolute atomic E-state index is 10.5. The van der Waals surface area contributed by atoms with Crippen LogP contribution in [0.15, 0.2) is 0 Å². The highest BCUT2D eigenvalue weighted by Gasteiger charge is 2.17. The molecule has 60 valence electrons. The topological polar surface area (TPSA) is 35.5 Å². The normalized spacial score (nSPS) is 11.6. The largest absolute Gasteiger partial charge is 0.698 e. The van der Waals surface area contributed by atoms with Crippen LogP contribution in [0.3, 0.4) is 0 Å². The van der Waals surface area contributed by atoms with E-state index in [2.05, 4.69) is 4.52 Å². The third kappa shape index (κ3) is 6.43. The van der Waals surface area contributed by atoms with Gasteiger partial charge in [-0.1, -0.05) is 24.9 Å². The number of unbranched alkanes of at least 4 members (excludes halogenated alkanes) is 1. The van der Waals surface area contributed by atoms with Crippen LogP contribution in [0.2, 0.25) is 0 Å². The summed E-state index contributed by atoms with van der Waals surface area (Å²) in [5.74, 6) is 0. The first kappa shape index (κ1) is 10.3. The van der Waals surface area contributed by atoms with E-state index < -0.39 is 8.25 Å². The van der Waals surface area contributed by atoms with Crippen molar-refractivity contribution in [3.8, 4) is 0 Å². The summed E-state index contributed by atoms with van der Waals surface area (Å²) in [6.45, 7) is 2.50. The number of hydrogen-bond acceptors (Lipinski definition) is 3. The Hall–Kier alpha value is 0.310. The Balaban J connectivity index is 3.05. The van der Waals surface area contributed by atoms with Gasteiger partial charge in [-0.2, -0.15) is 0 Å². The van der Waals surface area contributed by atoms with E-state index in [-0.39, 0.29) is 6.07 Å². The molecule has 0 rings (SSSR count). The van der Waals surface area contributed by atoms with Crippen LogP contribution in [-0.2, 0) is 13.6 Å². The van der Waals surface area contributed by atoms with E-state index in [0.29, 0.717) is 6.61 Å². The van der Waals surface area contributed by atoms with E-state index in [9.17, 15) is 4.57 Å². The van der Waals surface area contributed by atoms with E-state index >= 15 is 0 Å². The third-order valence-electron chi connectivity index (χ3n) is 0.849. The van der Waals surface area contributed by atoms with Gasteiger partial charge in [0.2, 0.25) is 0 Å². The van der Waals surface area contributed by atoms with Crippen molar-refractivity contribution < 1.29 is 13.6 Å². The standard InChI is InChI=1S/C5H11ClO3P/c1-2-3-4-8-10(7)9-5-6/h2-5H2,1H3/q+1. The fourth-order valence-corrected chi connectivity index (χ4v) is 1.03. The first-order valence-corrected chi connectivity index (χ1v) is 4.73. The van der Waals surface area contributed by atoms with Crippen LogP contribution in [0.5, 0.6) is 0 Å². The monoisotopic (exact) mass is 185 g/mol. The highest BCUT2D eigenvalue weighted by molar-refractivity contribution is 7.33. The zero-order chi connectivity index (χ0) is 7.82. The maximum Gasteiger partial charge on any atom is 0.698 e. The molecule has 0 heterocycles. The van der Waals surface area contributed by atoms with Gasteiger partial charge in [0.05, 0.1) is 0 Å². The Bertz CT molecular complexity index is 98.9. The summed E-state index contributed by atoms with van der Waals surface area (Å²) in [7, 11) is -1.97. The van der Waals surface area contributed by atoms with Gasteiger partial charge < -0.3 is 0 Å². The van der Waals surface area contributed by atoms with Gasteiger partial charge in [-0.3, -0.25) is 0 Å². The van der Waals surface area contributed by atoms with Crippen molar-refractivity contribution in [1.29, 1.82) is 0 Å². The van der Waals surface area contributed by atoms with Crippen LogP contribution >= 0.6 is 19.9 Å². The van der Waals surface area contributed by atoms with Gasteiger partial charge in [-0.25, -0.2) is 0 Å². The predicted octanol–water partition coefficient (Wildman–Crippen LogP) is 2.67. The lowest BCUT2D eigenvalue weighted by Gasteiger charge is -1.86. The van der Waals surface area contributed by atoms with Gasteiger partial charge in [0.15, 0.2) is 6.07 Å². The Labute approximate surface area is 66.6 Å². The lowest BCUT2D eigenvalue weighted by molar-refractivity contribution is 0.245. The van der Waals surface area contributed by atoms with Crippen molar-refractivity contribution in [3.63, 3.8) is 0 Å². The molecule has 0 fully saturated rings. The van der Waals surface area contributed by atoms with Crippen molar-refractivity contribution in [2.75, 3.05) is 12.7 Å². The molecule has 3 nitrogen and oxygen atoms in total. The Morgan fingerprint density at radius 1 is 1.50 bits per heavy atom. The minimum atomic E-state index is -1.97. The van der Waals surface area contributed by atoms with Crippen molar-refractivity contribution in [1.82, 2.24) is 0 Å². The SMILES string of the molecule is CCCCO[P+](=O)OCCl. The molecule has 10 heavy (non-hydrogen) atoms. The van der Waals surface area contributed by atoms with E-state index in [0.717, 1.165) is 12.8 Å². The van der Waals surface area contributed by atoms with Crippen LogP contribution in [-0.4, -0.2) is 12.7 Å². The number of rotatable bonds is 6. The maximum atomic E-state index is 10.5. The van der Waals surface area contributed by atoms with Gasteiger partial charge in [0, 0.05) is 4.57 Å². The minimum Gasteiger partial charge on any atom is -0.119 e. The molecule has 0 aromatic heterocycles. The molecule has 1 unspecified atom stereocenters. The summed E-state index contributed by atoms with van der Waals surface area (Å²) in [4.78, 5) is 0. The van der Waals surface area contributed by atoms with Gasteiger partial charge in [-0.15, -0.1) is 9.05 Å². The van der Waals surface area contributed by atoms with Gasteiger partial charge in [0.25, 0.3) is 0 Å². The van der Waals surface area contributed by atoms with Crippen molar-refractivity contribution >= 4 is 19.9 Å². The fraction of sp³-hybridized carbons (Fsp3) is 1.00. The zero-order valence-corrected chi connectivity index (χ0v) is 7.53. The summed E-state index contributed by atoms with van der Waals surface area (Å²) in [5, 5.41) is 0. The predicted molar refractivity (Wildman–Crippen MR) is 40.3 cm³/mol. The van der Waals surface area contributed by atoms with E-state index in [1.165, 1.54) is 0 Å². The van der Waals surface area contributed by atoms with E-state index in [4.69, 9.17) is 16.1 Å². The first-order chi connectivity index (χ1) is 4.81. The highest BCUT2D eigenvalue weighted by atomic mass is 35.5. The molecule has 0 saturated carbocycles. The van der Waals surface area contributed by atoms with Crippen LogP contribution in [0.1, 0.15) is 19.8 Å². The molecule has 5 heteroatoms. The second-order valence-electron chi connectivity index (χ2n) is 1.65. The first-order valence-electron chi connectivity index (χ1n) is 3.10. The van der Waals surface area contributed by atoms with Gasteiger partial charge in [0.1, 0.15) is 6.61 Å². The van der Waals surface area contributed by atoms with Gasteiger partial charge >= 0.3 is 8.25 Å². The molecular formula is C5H11ClO3P+. The summed E-state index contributed by atoms with van der Waals surface area (Å²) < 4.78 is 19.7. The molecule has 0 N–H and O–H groups in total. The Kier molecular flexibility index (Phi) is 7.65. The zero-order valence-electron chi connectivity index (χ0n) is 5.88. The second-order valence-corrected chi connectivity index (χ2v) is 2.83. The van der Waals surface area contributed by atoms with Crippen molar-refractivity contribution in [2.45, 2.75) is 19.8 Å². The molecule has 0 aromatic carbocycles. The molecule has 0 aromatic rings. The van der Waals surface area contributed by atoms with E-state index in [1.807, 2.05) is 6.92 Å². The smallest absolute Gasteiger partial charge is 0.119 e. The number of hydrogen-bond donors (Lipinski definition) is 0. The molecule has 0 bridgehead atoms. The molecule has 0 aliphatic heterocycles. The lowest BCUT2D eigenvalue weighted by atomic mass is 10.4. The molecule has 0 saturated heterocycles.